The third-order valence-electron chi connectivity index (χ3n) is 2.33. The van der Waals surface area contributed by atoms with Gasteiger partial charge in [0.05, 0.1) is 9.82 Å². The van der Waals surface area contributed by atoms with Crippen LogP contribution in [0.2, 0.25) is 0 Å². The second-order valence-electron chi connectivity index (χ2n) is 3.74. The van der Waals surface area contributed by atoms with E-state index in [0.29, 0.717) is 12.8 Å². The highest BCUT2D eigenvalue weighted by molar-refractivity contribution is 7.89. The molecule has 0 saturated carbocycles. The van der Waals surface area contributed by atoms with Gasteiger partial charge in [-0.05, 0) is 25.0 Å². The number of unbranched alkanes of at least 4 members (excludes halogenated alkanes) is 1. The van der Waals surface area contributed by atoms with Crippen LogP contribution in [0.15, 0.2) is 23.1 Å². The molecule has 0 atom stereocenters. The lowest BCUT2D eigenvalue weighted by Gasteiger charge is -2.06. The van der Waals surface area contributed by atoms with Gasteiger partial charge in [0.1, 0.15) is 0 Å². The van der Waals surface area contributed by atoms with Crippen LogP contribution in [0.4, 0.5) is 5.69 Å². The average Bonchev–Trinajstić information content (AvgIpc) is 2.34. The summed E-state index contributed by atoms with van der Waals surface area (Å²) in [6, 6.07) is 2.83. The summed E-state index contributed by atoms with van der Waals surface area (Å²) in [6.07, 6.45) is 0.911. The molecular weight excluding hydrogens is 276 g/mol. The van der Waals surface area contributed by atoms with E-state index in [9.17, 15) is 23.6 Å². The number of phenolic OH excluding ortho intramolecular Hbond substituents is 1. The number of benzene rings is 1. The first-order chi connectivity index (χ1) is 8.88. The smallest absolute Gasteiger partial charge is 0.312 e. The second kappa shape index (κ2) is 6.45. The number of aliphatic hydroxyl groups is 1. The minimum Gasteiger partial charge on any atom is -0.502 e. The largest absolute Gasteiger partial charge is 0.502 e. The van der Waals surface area contributed by atoms with Crippen LogP contribution in [-0.2, 0) is 10.0 Å². The van der Waals surface area contributed by atoms with Crippen molar-refractivity contribution in [2.45, 2.75) is 17.7 Å². The summed E-state index contributed by atoms with van der Waals surface area (Å²) in [4.78, 5) is 9.45. The SMILES string of the molecule is O=[N+]([O-])c1cc(S(=O)(=O)NCCCCO)ccc1O. The Balaban J connectivity index is 2.89. The maximum absolute atomic E-state index is 11.8. The number of nitro benzene ring substituents is 1. The molecule has 0 heterocycles. The zero-order valence-electron chi connectivity index (χ0n) is 9.94. The molecular formula is C10H14N2O6S. The van der Waals surface area contributed by atoms with Crippen LogP contribution < -0.4 is 4.72 Å². The predicted molar refractivity (Wildman–Crippen MR) is 66.3 cm³/mol. The third-order valence-corrected chi connectivity index (χ3v) is 3.79. The summed E-state index contributed by atoms with van der Waals surface area (Å²) < 4.78 is 25.9. The molecule has 3 N–H and O–H groups in total. The topological polar surface area (TPSA) is 130 Å². The predicted octanol–water partition coefficient (Wildman–Crippen LogP) is 0.351. The Labute approximate surface area is 109 Å². The summed E-state index contributed by atoms with van der Waals surface area (Å²) in [5.41, 5.74) is -0.668. The van der Waals surface area contributed by atoms with Crippen LogP contribution in [0, 0.1) is 10.1 Å². The van der Waals surface area contributed by atoms with Crippen LogP contribution in [0.3, 0.4) is 0 Å². The normalized spacial score (nSPS) is 11.4. The van der Waals surface area contributed by atoms with Gasteiger partial charge in [0.25, 0.3) is 0 Å². The first kappa shape index (κ1) is 15.3. The van der Waals surface area contributed by atoms with Crippen molar-refractivity contribution in [1.29, 1.82) is 0 Å². The summed E-state index contributed by atoms with van der Waals surface area (Å²) in [7, 11) is -3.86. The minimum absolute atomic E-state index is 0.0353. The van der Waals surface area contributed by atoms with E-state index in [1.54, 1.807) is 0 Å². The molecule has 1 aromatic carbocycles. The number of phenols is 1. The molecule has 0 bridgehead atoms. The molecule has 0 saturated heterocycles. The van der Waals surface area contributed by atoms with Gasteiger partial charge in [-0.1, -0.05) is 0 Å². The number of aliphatic hydroxyl groups excluding tert-OH is 1. The van der Waals surface area contributed by atoms with Gasteiger partial charge >= 0.3 is 5.69 Å². The number of rotatable bonds is 7. The molecule has 0 radical (unpaired) electrons. The van der Waals surface area contributed by atoms with Crippen molar-refractivity contribution < 1.29 is 23.6 Å². The number of nitrogens with zero attached hydrogens (tertiary/aromatic N) is 1. The number of hydrogen-bond acceptors (Lipinski definition) is 6. The van der Waals surface area contributed by atoms with Crippen molar-refractivity contribution in [2.24, 2.45) is 0 Å². The lowest BCUT2D eigenvalue weighted by molar-refractivity contribution is -0.386. The molecule has 106 valence electrons. The van der Waals surface area contributed by atoms with E-state index < -0.39 is 26.4 Å². The van der Waals surface area contributed by atoms with E-state index in [4.69, 9.17) is 5.11 Å². The Kier molecular flexibility index (Phi) is 5.21. The summed E-state index contributed by atoms with van der Waals surface area (Å²) >= 11 is 0. The Hall–Kier alpha value is -1.71. The summed E-state index contributed by atoms with van der Waals surface area (Å²) in [5.74, 6) is -0.593. The van der Waals surface area contributed by atoms with Gasteiger partial charge in [-0.2, -0.15) is 0 Å². The van der Waals surface area contributed by atoms with Gasteiger partial charge < -0.3 is 10.2 Å². The Morgan fingerprint density at radius 3 is 2.58 bits per heavy atom. The molecule has 0 unspecified atom stereocenters. The van der Waals surface area contributed by atoms with E-state index in [2.05, 4.69) is 4.72 Å². The van der Waals surface area contributed by atoms with Gasteiger partial charge in [0, 0.05) is 19.2 Å². The number of hydrogen-bond donors (Lipinski definition) is 3. The summed E-state index contributed by atoms with van der Waals surface area (Å²) in [6.45, 7) is 0.0873. The van der Waals surface area contributed by atoms with Gasteiger partial charge in [0.2, 0.25) is 10.0 Å². The van der Waals surface area contributed by atoms with Crippen molar-refractivity contribution in [3.05, 3.63) is 28.3 Å². The van der Waals surface area contributed by atoms with Crippen molar-refractivity contribution in [1.82, 2.24) is 4.72 Å². The Morgan fingerprint density at radius 2 is 2.00 bits per heavy atom. The molecule has 0 fully saturated rings. The van der Waals surface area contributed by atoms with Crippen molar-refractivity contribution >= 4 is 15.7 Å². The molecule has 0 amide bonds. The van der Waals surface area contributed by atoms with Crippen LogP contribution >= 0.6 is 0 Å². The first-order valence-electron chi connectivity index (χ1n) is 5.46. The molecule has 0 aliphatic heterocycles. The Morgan fingerprint density at radius 1 is 1.32 bits per heavy atom. The summed E-state index contributed by atoms with van der Waals surface area (Å²) in [5, 5.41) is 28.4. The van der Waals surface area contributed by atoms with E-state index in [0.717, 1.165) is 18.2 Å². The Bertz CT molecular complexity index is 557. The lowest BCUT2D eigenvalue weighted by Crippen LogP contribution is -2.25. The number of sulfonamides is 1. The van der Waals surface area contributed by atoms with Gasteiger partial charge in [-0.3, -0.25) is 10.1 Å². The molecule has 1 rings (SSSR count). The first-order valence-corrected chi connectivity index (χ1v) is 6.94. The second-order valence-corrected chi connectivity index (χ2v) is 5.50. The lowest BCUT2D eigenvalue weighted by atomic mass is 10.3. The standard InChI is InChI=1S/C10H14N2O6S/c13-6-2-1-5-11-19(17,18)8-3-4-10(14)9(7-8)12(15)16/h3-4,7,11,13-14H,1-2,5-6H2. The van der Waals surface area contributed by atoms with Gasteiger partial charge in [-0.15, -0.1) is 0 Å². The van der Waals surface area contributed by atoms with Crippen LogP contribution in [0.1, 0.15) is 12.8 Å². The highest BCUT2D eigenvalue weighted by Crippen LogP contribution is 2.28. The molecule has 0 spiro atoms. The molecule has 0 aliphatic carbocycles. The average molecular weight is 290 g/mol. The van der Waals surface area contributed by atoms with E-state index in [-0.39, 0.29) is 18.0 Å². The minimum atomic E-state index is -3.86. The molecule has 9 heteroatoms. The molecule has 0 aromatic heterocycles. The molecule has 0 aliphatic rings. The van der Waals surface area contributed by atoms with Crippen LogP contribution in [0.5, 0.6) is 5.75 Å². The zero-order chi connectivity index (χ0) is 14.5. The monoisotopic (exact) mass is 290 g/mol. The quantitative estimate of drug-likeness (QED) is 0.377. The van der Waals surface area contributed by atoms with E-state index in [1.807, 2.05) is 0 Å². The van der Waals surface area contributed by atoms with Crippen LogP contribution in [-0.4, -0.2) is 36.7 Å². The highest BCUT2D eigenvalue weighted by Gasteiger charge is 2.20. The molecule has 19 heavy (non-hydrogen) atoms. The van der Waals surface area contributed by atoms with E-state index in [1.165, 1.54) is 0 Å². The fraction of sp³-hybridized carbons (Fsp3) is 0.400. The van der Waals surface area contributed by atoms with Gasteiger partial charge in [0.15, 0.2) is 5.75 Å². The fourth-order valence-corrected chi connectivity index (χ4v) is 2.44. The van der Waals surface area contributed by atoms with Crippen molar-refractivity contribution in [3.8, 4) is 5.75 Å². The fourth-order valence-electron chi connectivity index (χ4n) is 1.34. The number of nitro groups is 1. The van der Waals surface area contributed by atoms with Crippen molar-refractivity contribution in [2.75, 3.05) is 13.2 Å². The maximum atomic E-state index is 11.8. The van der Waals surface area contributed by atoms with Gasteiger partial charge in [-0.25, -0.2) is 13.1 Å². The van der Waals surface area contributed by atoms with Crippen molar-refractivity contribution in [3.63, 3.8) is 0 Å². The third kappa shape index (κ3) is 4.16. The maximum Gasteiger partial charge on any atom is 0.312 e. The number of aromatic hydroxyl groups is 1. The number of nitrogens with one attached hydrogen (secondary N) is 1. The zero-order valence-corrected chi connectivity index (χ0v) is 10.8. The van der Waals surface area contributed by atoms with E-state index >= 15 is 0 Å². The molecule has 8 nitrogen and oxygen atoms in total. The molecule has 1 aromatic rings. The highest BCUT2D eigenvalue weighted by atomic mass is 32.2. The van der Waals surface area contributed by atoms with Crippen LogP contribution in [0.25, 0.3) is 0 Å².